The molecule has 0 aliphatic carbocycles. The van der Waals surface area contributed by atoms with Crippen molar-refractivity contribution in [2.24, 2.45) is 0 Å². The number of hydrogen-bond donors (Lipinski definition) is 0. The zero-order valence-corrected chi connectivity index (χ0v) is 12.2. The van der Waals surface area contributed by atoms with Gasteiger partial charge in [-0.05, 0) is 23.3 Å². The summed E-state index contributed by atoms with van der Waals surface area (Å²) in [5.41, 5.74) is 4.54. The molecule has 0 unspecified atom stereocenters. The monoisotopic (exact) mass is 289 g/mol. The van der Waals surface area contributed by atoms with Gasteiger partial charge in [-0.2, -0.15) is 0 Å². The van der Waals surface area contributed by atoms with Gasteiger partial charge in [0.05, 0.1) is 18.4 Å². The van der Waals surface area contributed by atoms with E-state index in [0.717, 1.165) is 23.1 Å². The second-order valence-electron chi connectivity index (χ2n) is 4.86. The lowest BCUT2D eigenvalue weighted by atomic mass is 10.0. The predicted molar refractivity (Wildman–Crippen MR) is 87.0 cm³/mol. The second-order valence-corrected chi connectivity index (χ2v) is 4.86. The Morgan fingerprint density at radius 3 is 2.09 bits per heavy atom. The summed E-state index contributed by atoms with van der Waals surface area (Å²) in [6.07, 6.45) is 0.744. The van der Waals surface area contributed by atoms with Crippen LogP contribution in [0.4, 0.5) is 0 Å². The van der Waals surface area contributed by atoms with Gasteiger partial charge >= 0.3 is 0 Å². The van der Waals surface area contributed by atoms with Crippen LogP contribution in [0, 0.1) is 0 Å². The first-order valence-corrected chi connectivity index (χ1v) is 6.98. The van der Waals surface area contributed by atoms with Gasteiger partial charge < -0.3 is 4.74 Å². The van der Waals surface area contributed by atoms with E-state index >= 15 is 0 Å². The van der Waals surface area contributed by atoms with E-state index in [1.165, 1.54) is 12.7 Å². The van der Waals surface area contributed by atoms with Crippen molar-refractivity contribution in [1.29, 1.82) is 0 Å². The molecule has 3 rings (SSSR count). The van der Waals surface area contributed by atoms with Crippen molar-refractivity contribution in [3.05, 3.63) is 72.3 Å². The minimum atomic E-state index is 0.347. The van der Waals surface area contributed by atoms with Crippen molar-refractivity contribution in [2.75, 3.05) is 7.11 Å². The summed E-state index contributed by atoms with van der Waals surface area (Å²) in [5.74, 6) is 0.347. The molecule has 3 nitrogen and oxygen atoms in total. The second kappa shape index (κ2) is 6.22. The van der Waals surface area contributed by atoms with Crippen LogP contribution >= 0.6 is 0 Å². The number of hydrogen-bond acceptors (Lipinski definition) is 3. The summed E-state index contributed by atoms with van der Waals surface area (Å²) in [5, 5.41) is 0. The average Bonchev–Trinajstić information content (AvgIpc) is 2.62. The lowest BCUT2D eigenvalue weighted by Crippen LogP contribution is -1.95. The highest BCUT2D eigenvalue weighted by Gasteiger charge is 2.07. The fourth-order valence-electron chi connectivity index (χ4n) is 2.33. The third-order valence-corrected chi connectivity index (χ3v) is 3.50. The Hall–Kier alpha value is -2.94. The number of carbonyl (C=O) groups excluding carboxylic acids is 1. The van der Waals surface area contributed by atoms with Gasteiger partial charge in [0.15, 0.2) is 6.29 Å². The Kier molecular flexibility index (Phi) is 3.97. The van der Waals surface area contributed by atoms with Crippen LogP contribution in [-0.4, -0.2) is 18.4 Å². The van der Waals surface area contributed by atoms with Gasteiger partial charge in [-0.15, -0.1) is 0 Å². The lowest BCUT2D eigenvalue weighted by Gasteiger charge is -2.07. The van der Waals surface area contributed by atoms with Crippen LogP contribution in [0.2, 0.25) is 0 Å². The molecule has 1 heterocycles. The fraction of sp³-hybridized carbons (Fsp3) is 0.0526. The first kappa shape index (κ1) is 14.0. The first-order chi connectivity index (χ1) is 10.8. The van der Waals surface area contributed by atoms with E-state index in [0.29, 0.717) is 11.4 Å². The highest BCUT2D eigenvalue weighted by atomic mass is 16.5. The average molecular weight is 289 g/mol. The van der Waals surface area contributed by atoms with Crippen LogP contribution in [0.1, 0.15) is 10.4 Å². The number of nitrogens with zero attached hydrogens (tertiary/aromatic N) is 1. The van der Waals surface area contributed by atoms with Gasteiger partial charge in [0.1, 0.15) is 0 Å². The zero-order chi connectivity index (χ0) is 15.4. The lowest BCUT2D eigenvalue weighted by molar-refractivity contribution is 0.112. The molecule has 3 heteroatoms. The first-order valence-electron chi connectivity index (χ1n) is 6.98. The third kappa shape index (κ3) is 2.74. The quantitative estimate of drug-likeness (QED) is 0.674. The molecule has 0 aliphatic rings. The highest BCUT2D eigenvalue weighted by molar-refractivity contribution is 5.79. The van der Waals surface area contributed by atoms with Crippen molar-refractivity contribution in [2.45, 2.75) is 0 Å². The summed E-state index contributed by atoms with van der Waals surface area (Å²) in [7, 11) is 1.51. The molecule has 1 aromatic heterocycles. The number of rotatable bonds is 4. The normalized spacial score (nSPS) is 10.2. The van der Waals surface area contributed by atoms with Crippen LogP contribution in [0.15, 0.2) is 66.7 Å². The largest absolute Gasteiger partial charge is 0.480 e. The molecule has 3 aromatic rings. The highest BCUT2D eigenvalue weighted by Crippen LogP contribution is 2.25. The van der Waals surface area contributed by atoms with Crippen LogP contribution in [-0.2, 0) is 0 Å². The van der Waals surface area contributed by atoms with Gasteiger partial charge in [-0.3, -0.25) is 4.79 Å². The summed E-state index contributed by atoms with van der Waals surface area (Å²) < 4.78 is 5.15. The number of aromatic nitrogens is 1. The maximum Gasteiger partial charge on any atom is 0.224 e. The number of methoxy groups -OCH3 is 1. The maximum absolute atomic E-state index is 10.9. The van der Waals surface area contributed by atoms with Gasteiger partial charge in [-0.1, -0.05) is 54.6 Å². The van der Waals surface area contributed by atoms with Crippen molar-refractivity contribution in [3.8, 4) is 28.3 Å². The smallest absolute Gasteiger partial charge is 0.224 e. The third-order valence-electron chi connectivity index (χ3n) is 3.50. The molecule has 0 atom stereocenters. The number of carbonyl (C=O) groups is 1. The minimum absolute atomic E-state index is 0.347. The van der Waals surface area contributed by atoms with E-state index in [9.17, 15) is 4.79 Å². The number of ether oxygens (including phenoxy) is 1. The van der Waals surface area contributed by atoms with Crippen molar-refractivity contribution >= 4 is 6.29 Å². The molecular weight excluding hydrogens is 274 g/mol. The van der Waals surface area contributed by atoms with Crippen molar-refractivity contribution < 1.29 is 9.53 Å². The van der Waals surface area contributed by atoms with Crippen LogP contribution in [0.3, 0.4) is 0 Å². The Morgan fingerprint density at radius 1 is 0.818 bits per heavy atom. The molecule has 0 amide bonds. The fourth-order valence-corrected chi connectivity index (χ4v) is 2.33. The van der Waals surface area contributed by atoms with E-state index in [-0.39, 0.29) is 0 Å². The Labute approximate surface area is 129 Å². The number of aldehydes is 1. The minimum Gasteiger partial charge on any atom is -0.480 e. The number of pyridine rings is 1. The molecule has 0 saturated carbocycles. The van der Waals surface area contributed by atoms with Crippen LogP contribution in [0.25, 0.3) is 22.4 Å². The summed E-state index contributed by atoms with van der Waals surface area (Å²) in [6, 6.07) is 21.9. The molecule has 108 valence electrons. The predicted octanol–water partition coefficient (Wildman–Crippen LogP) is 4.24. The van der Waals surface area contributed by atoms with E-state index in [1.807, 2.05) is 36.4 Å². The standard InChI is InChI=1S/C19H15NO2/c1-22-19-17(13-21)11-12-18(20-19)16-9-7-15(8-10-16)14-5-3-2-4-6-14/h2-13H,1H3. The Morgan fingerprint density at radius 2 is 1.45 bits per heavy atom. The van der Waals surface area contributed by atoms with E-state index in [1.54, 1.807) is 6.07 Å². The van der Waals surface area contributed by atoms with Gasteiger partial charge in [0, 0.05) is 5.56 Å². The Bertz CT molecular complexity index is 780. The van der Waals surface area contributed by atoms with E-state index in [4.69, 9.17) is 4.74 Å². The summed E-state index contributed by atoms with van der Waals surface area (Å²) in [4.78, 5) is 15.3. The molecule has 0 fully saturated rings. The summed E-state index contributed by atoms with van der Waals surface area (Å²) in [6.45, 7) is 0. The van der Waals surface area contributed by atoms with Crippen LogP contribution in [0.5, 0.6) is 5.88 Å². The molecule has 0 saturated heterocycles. The molecule has 0 aliphatic heterocycles. The molecule has 0 N–H and O–H groups in total. The number of benzene rings is 2. The van der Waals surface area contributed by atoms with Crippen molar-refractivity contribution in [1.82, 2.24) is 4.98 Å². The van der Waals surface area contributed by atoms with Gasteiger partial charge in [0.2, 0.25) is 5.88 Å². The zero-order valence-electron chi connectivity index (χ0n) is 12.2. The topological polar surface area (TPSA) is 39.2 Å². The maximum atomic E-state index is 10.9. The molecule has 22 heavy (non-hydrogen) atoms. The molecular formula is C19H15NO2. The van der Waals surface area contributed by atoms with Crippen molar-refractivity contribution in [3.63, 3.8) is 0 Å². The molecule has 2 aromatic carbocycles. The molecule has 0 bridgehead atoms. The van der Waals surface area contributed by atoms with Gasteiger partial charge in [0.25, 0.3) is 0 Å². The molecule has 0 radical (unpaired) electrons. The summed E-state index contributed by atoms with van der Waals surface area (Å²) >= 11 is 0. The van der Waals surface area contributed by atoms with E-state index < -0.39 is 0 Å². The van der Waals surface area contributed by atoms with Crippen LogP contribution < -0.4 is 4.74 Å². The van der Waals surface area contributed by atoms with Gasteiger partial charge in [-0.25, -0.2) is 4.98 Å². The molecule has 0 spiro atoms. The SMILES string of the molecule is COc1nc(-c2ccc(-c3ccccc3)cc2)ccc1C=O. The van der Waals surface area contributed by atoms with E-state index in [2.05, 4.69) is 29.2 Å². The Balaban J connectivity index is 1.95.